The van der Waals surface area contributed by atoms with E-state index in [2.05, 4.69) is 49.0 Å². The van der Waals surface area contributed by atoms with Crippen LogP contribution in [0.15, 0.2) is 22.6 Å². The minimum absolute atomic E-state index is 0.106. The quantitative estimate of drug-likeness (QED) is 0.665. The van der Waals surface area contributed by atoms with Crippen molar-refractivity contribution >= 4 is 51.0 Å². The molecule has 18 heavy (non-hydrogen) atoms. The van der Waals surface area contributed by atoms with Gasteiger partial charge >= 0.3 is 0 Å². The fourth-order valence-corrected chi connectivity index (χ4v) is 3.12. The van der Waals surface area contributed by atoms with Crippen LogP contribution in [0.2, 0.25) is 0 Å². The van der Waals surface area contributed by atoms with Crippen LogP contribution in [0, 0.1) is 2.88 Å². The Balaban J connectivity index is 2.10. The molecule has 0 fully saturated rings. The highest BCUT2D eigenvalue weighted by atomic mass is 127. The van der Waals surface area contributed by atoms with Crippen molar-refractivity contribution in [3.05, 3.63) is 36.6 Å². The Hall–Kier alpha value is -1.42. The first-order valence-corrected chi connectivity index (χ1v) is 7.03. The average molecular weight is 373 g/mol. The molecule has 0 atom stereocenters. The Morgan fingerprint density at radius 3 is 3.11 bits per heavy atom. The van der Waals surface area contributed by atoms with E-state index in [4.69, 9.17) is 5.73 Å². The number of nitrogens with one attached hydrogen (secondary N) is 1. The number of H-pyrrole nitrogens is 1. The van der Waals surface area contributed by atoms with Gasteiger partial charge in [0.05, 0.1) is 15.8 Å². The maximum absolute atomic E-state index is 11.6. The molecule has 8 heteroatoms. The van der Waals surface area contributed by atoms with Gasteiger partial charge in [-0.3, -0.25) is 9.78 Å². The maximum Gasteiger partial charge on any atom is 0.280 e. The lowest BCUT2D eigenvalue weighted by molar-refractivity contribution is 0.816. The molecule has 0 unspecified atom stereocenters. The Morgan fingerprint density at radius 2 is 2.39 bits per heavy atom. The molecule has 0 saturated carbocycles. The average Bonchev–Trinajstić information content (AvgIpc) is 2.87. The molecular formula is C10H8IN5OS. The molecule has 0 aliphatic carbocycles. The van der Waals surface area contributed by atoms with Gasteiger partial charge in [0.2, 0.25) is 5.95 Å². The molecule has 0 bridgehead atoms. The number of hydrogen-bond donors (Lipinski definition) is 2. The number of aromatic nitrogens is 4. The van der Waals surface area contributed by atoms with Gasteiger partial charge in [-0.15, -0.1) is 11.3 Å². The van der Waals surface area contributed by atoms with Crippen molar-refractivity contribution in [3.8, 4) is 0 Å². The molecule has 0 aromatic carbocycles. The fraction of sp³-hybridized carbons (Fsp3) is 0.100. The van der Waals surface area contributed by atoms with Gasteiger partial charge in [0.15, 0.2) is 11.2 Å². The molecule has 0 aliphatic rings. The lowest BCUT2D eigenvalue weighted by Gasteiger charge is -2.01. The van der Waals surface area contributed by atoms with Crippen LogP contribution in [0.3, 0.4) is 0 Å². The van der Waals surface area contributed by atoms with Crippen LogP contribution < -0.4 is 11.3 Å². The summed E-state index contributed by atoms with van der Waals surface area (Å²) in [4.78, 5) is 22.2. The predicted octanol–water partition coefficient (Wildman–Crippen LogP) is 1.42. The zero-order valence-corrected chi connectivity index (χ0v) is 12.0. The van der Waals surface area contributed by atoms with Gasteiger partial charge in [-0.05, 0) is 39.6 Å². The monoisotopic (exact) mass is 373 g/mol. The van der Waals surface area contributed by atoms with E-state index in [0.29, 0.717) is 17.7 Å². The van der Waals surface area contributed by atoms with Crippen molar-refractivity contribution in [2.24, 2.45) is 0 Å². The highest BCUT2D eigenvalue weighted by Crippen LogP contribution is 2.18. The van der Waals surface area contributed by atoms with Gasteiger partial charge in [0.25, 0.3) is 5.56 Å². The molecule has 3 aromatic heterocycles. The van der Waals surface area contributed by atoms with Crippen molar-refractivity contribution in [2.75, 3.05) is 5.73 Å². The number of nitrogen functional groups attached to an aromatic ring is 1. The smallest absolute Gasteiger partial charge is 0.280 e. The van der Waals surface area contributed by atoms with Crippen LogP contribution in [0.25, 0.3) is 11.2 Å². The van der Waals surface area contributed by atoms with E-state index in [1.807, 2.05) is 4.57 Å². The number of halogens is 1. The number of imidazole rings is 1. The van der Waals surface area contributed by atoms with E-state index in [1.165, 1.54) is 2.88 Å². The summed E-state index contributed by atoms with van der Waals surface area (Å²) < 4.78 is 3.04. The van der Waals surface area contributed by atoms with Crippen LogP contribution in [0.5, 0.6) is 0 Å². The summed E-state index contributed by atoms with van der Waals surface area (Å²) >= 11 is 3.95. The summed E-state index contributed by atoms with van der Waals surface area (Å²) in [5.74, 6) is 0.106. The highest BCUT2D eigenvalue weighted by Gasteiger charge is 2.09. The number of nitrogens with two attached hydrogens (primary N) is 1. The van der Waals surface area contributed by atoms with Crippen LogP contribution in [-0.4, -0.2) is 19.5 Å². The number of aromatic amines is 1. The number of hydrogen-bond acceptors (Lipinski definition) is 5. The molecule has 0 spiro atoms. The van der Waals surface area contributed by atoms with E-state index >= 15 is 0 Å². The summed E-state index contributed by atoms with van der Waals surface area (Å²) in [6.45, 7) is 0.631. The summed E-state index contributed by atoms with van der Waals surface area (Å²) in [6.07, 6.45) is 1.61. The molecule has 0 radical (unpaired) electrons. The van der Waals surface area contributed by atoms with Crippen LogP contribution >= 0.6 is 33.9 Å². The molecule has 3 N–H and O–H groups in total. The minimum atomic E-state index is -0.309. The molecule has 0 saturated heterocycles. The van der Waals surface area contributed by atoms with Gasteiger partial charge in [-0.2, -0.15) is 4.98 Å². The molecule has 6 nitrogen and oxygen atoms in total. The number of nitrogens with zero attached hydrogens (tertiary/aromatic N) is 3. The first-order valence-electron chi connectivity index (χ1n) is 5.07. The van der Waals surface area contributed by atoms with Crippen LogP contribution in [0.4, 0.5) is 5.95 Å². The first kappa shape index (κ1) is 11.7. The minimum Gasteiger partial charge on any atom is -0.369 e. The van der Waals surface area contributed by atoms with E-state index in [9.17, 15) is 4.79 Å². The van der Waals surface area contributed by atoms with Crippen molar-refractivity contribution in [2.45, 2.75) is 6.54 Å². The lowest BCUT2D eigenvalue weighted by Crippen LogP contribution is -2.12. The molecule has 92 valence electrons. The Labute approximate surface area is 119 Å². The van der Waals surface area contributed by atoms with Crippen LogP contribution in [0.1, 0.15) is 5.56 Å². The van der Waals surface area contributed by atoms with E-state index in [0.717, 1.165) is 5.56 Å². The Kier molecular flexibility index (Phi) is 2.82. The van der Waals surface area contributed by atoms with Crippen LogP contribution in [-0.2, 0) is 6.54 Å². The second-order valence-corrected chi connectivity index (χ2v) is 6.56. The SMILES string of the molecule is Nc1nc2c(ncn2Cc2csc(I)c2)c(=O)[nH]1. The van der Waals surface area contributed by atoms with Crippen molar-refractivity contribution in [1.82, 2.24) is 19.5 Å². The maximum atomic E-state index is 11.6. The van der Waals surface area contributed by atoms with Gasteiger partial charge in [-0.25, -0.2) is 4.98 Å². The largest absolute Gasteiger partial charge is 0.369 e. The summed E-state index contributed by atoms with van der Waals surface area (Å²) in [7, 11) is 0. The highest BCUT2D eigenvalue weighted by molar-refractivity contribution is 14.1. The van der Waals surface area contributed by atoms with E-state index in [-0.39, 0.29) is 11.5 Å². The third kappa shape index (κ3) is 2.01. The summed E-state index contributed by atoms with van der Waals surface area (Å²) in [5.41, 5.74) is 7.22. The molecule has 3 heterocycles. The molecule has 0 amide bonds. The fourth-order valence-electron chi connectivity index (χ4n) is 1.71. The van der Waals surface area contributed by atoms with Crippen molar-refractivity contribution < 1.29 is 0 Å². The number of thiophene rings is 1. The lowest BCUT2D eigenvalue weighted by atomic mass is 10.3. The second kappa shape index (κ2) is 4.35. The number of rotatable bonds is 2. The molecule has 0 aliphatic heterocycles. The standard InChI is InChI=1S/C10H8IN5OS/c11-6-1-5(3-18-6)2-16-4-13-7-8(16)14-10(12)15-9(7)17/h1,3-4H,2H2,(H3,12,14,15,17). The molecular weight excluding hydrogens is 365 g/mol. The third-order valence-corrected chi connectivity index (χ3v) is 4.31. The van der Waals surface area contributed by atoms with E-state index < -0.39 is 0 Å². The van der Waals surface area contributed by atoms with Crippen molar-refractivity contribution in [1.29, 1.82) is 0 Å². The topological polar surface area (TPSA) is 89.6 Å². The zero-order chi connectivity index (χ0) is 12.7. The number of fused-ring (bicyclic) bond motifs is 1. The Morgan fingerprint density at radius 1 is 1.56 bits per heavy atom. The molecule has 3 aromatic rings. The Bertz CT molecular complexity index is 774. The summed E-state index contributed by atoms with van der Waals surface area (Å²) in [5, 5.41) is 2.07. The first-order chi connectivity index (χ1) is 8.63. The van der Waals surface area contributed by atoms with E-state index in [1.54, 1.807) is 17.7 Å². The summed E-state index contributed by atoms with van der Waals surface area (Å²) in [6, 6.07) is 2.09. The predicted molar refractivity (Wildman–Crippen MR) is 78.7 cm³/mol. The number of anilines is 1. The zero-order valence-electron chi connectivity index (χ0n) is 9.05. The van der Waals surface area contributed by atoms with Gasteiger partial charge in [0.1, 0.15) is 0 Å². The van der Waals surface area contributed by atoms with Crippen molar-refractivity contribution in [3.63, 3.8) is 0 Å². The normalized spacial score (nSPS) is 11.2. The molecule has 3 rings (SSSR count). The second-order valence-electron chi connectivity index (χ2n) is 3.75. The van der Waals surface area contributed by atoms with Gasteiger partial charge < -0.3 is 10.3 Å². The third-order valence-electron chi connectivity index (χ3n) is 2.47. The van der Waals surface area contributed by atoms with Gasteiger partial charge in [0, 0.05) is 0 Å². The van der Waals surface area contributed by atoms with Gasteiger partial charge in [-0.1, -0.05) is 0 Å².